The SMILES string of the molecule is C=C1C=C(/C=C/C(=O)OCC)C(B2OC(C)(C)C(C)(C)O2)=CN1C. The number of esters is 1. The highest BCUT2D eigenvalue weighted by Crippen LogP contribution is 2.40. The van der Waals surface area contributed by atoms with E-state index in [1.807, 2.05) is 51.9 Å². The summed E-state index contributed by atoms with van der Waals surface area (Å²) in [5.41, 5.74) is 1.63. The first-order valence-corrected chi connectivity index (χ1v) is 8.13. The van der Waals surface area contributed by atoms with E-state index in [1.54, 1.807) is 13.0 Å². The third-order valence-electron chi connectivity index (χ3n) is 4.63. The minimum Gasteiger partial charge on any atom is -0.463 e. The van der Waals surface area contributed by atoms with E-state index < -0.39 is 18.3 Å². The van der Waals surface area contributed by atoms with E-state index in [1.165, 1.54) is 6.08 Å². The molecule has 0 aromatic heterocycles. The van der Waals surface area contributed by atoms with E-state index >= 15 is 0 Å². The Bertz CT molecular complexity index is 615. The largest absolute Gasteiger partial charge is 0.496 e. The first-order valence-electron chi connectivity index (χ1n) is 8.13. The monoisotopic (exact) mass is 331 g/mol. The van der Waals surface area contributed by atoms with Gasteiger partial charge < -0.3 is 18.9 Å². The lowest BCUT2D eigenvalue weighted by molar-refractivity contribution is -0.137. The van der Waals surface area contributed by atoms with Gasteiger partial charge in [-0.1, -0.05) is 6.58 Å². The highest BCUT2D eigenvalue weighted by Gasteiger charge is 2.53. The Morgan fingerprint density at radius 2 is 1.92 bits per heavy atom. The number of ether oxygens (including phenoxy) is 1. The maximum absolute atomic E-state index is 11.6. The number of hydrogen-bond acceptors (Lipinski definition) is 5. The van der Waals surface area contributed by atoms with Crippen LogP contribution in [0.2, 0.25) is 0 Å². The molecule has 2 heterocycles. The molecule has 0 aromatic rings. The van der Waals surface area contributed by atoms with E-state index in [-0.39, 0.29) is 5.97 Å². The van der Waals surface area contributed by atoms with Crippen molar-refractivity contribution in [1.82, 2.24) is 4.90 Å². The van der Waals surface area contributed by atoms with Gasteiger partial charge in [0, 0.05) is 30.5 Å². The van der Waals surface area contributed by atoms with E-state index in [0.29, 0.717) is 6.61 Å². The van der Waals surface area contributed by atoms with Crippen molar-refractivity contribution in [3.05, 3.63) is 47.7 Å². The molecule has 1 saturated heterocycles. The summed E-state index contributed by atoms with van der Waals surface area (Å²) in [4.78, 5) is 13.5. The number of likely N-dealkylation sites (N-methyl/N-ethyl adjacent to an activating group) is 1. The summed E-state index contributed by atoms with van der Waals surface area (Å²) in [5.74, 6) is -0.379. The summed E-state index contributed by atoms with van der Waals surface area (Å²) < 4.78 is 17.2. The summed E-state index contributed by atoms with van der Waals surface area (Å²) in [7, 11) is 1.40. The highest BCUT2D eigenvalue weighted by atomic mass is 16.7. The van der Waals surface area contributed by atoms with Crippen LogP contribution in [0.4, 0.5) is 0 Å². The van der Waals surface area contributed by atoms with Crippen molar-refractivity contribution in [3.8, 4) is 0 Å². The second kappa shape index (κ2) is 6.61. The number of carbonyl (C=O) groups excluding carboxylic acids is 1. The summed E-state index contributed by atoms with van der Waals surface area (Å²) in [6.07, 6.45) is 6.95. The number of nitrogens with zero attached hydrogens (tertiary/aromatic N) is 1. The van der Waals surface area contributed by atoms with Crippen LogP contribution in [0.25, 0.3) is 0 Å². The lowest BCUT2D eigenvalue weighted by Gasteiger charge is -2.32. The molecular formula is C18H26BNO4. The molecule has 0 N–H and O–H groups in total. The van der Waals surface area contributed by atoms with E-state index in [9.17, 15) is 4.79 Å². The molecule has 0 radical (unpaired) electrons. The maximum atomic E-state index is 11.6. The van der Waals surface area contributed by atoms with Gasteiger partial charge in [0.05, 0.1) is 17.8 Å². The fourth-order valence-corrected chi connectivity index (χ4v) is 2.39. The Morgan fingerprint density at radius 3 is 2.46 bits per heavy atom. The molecule has 0 aliphatic carbocycles. The molecule has 1 fully saturated rings. The van der Waals surface area contributed by atoms with Gasteiger partial charge in [-0.05, 0) is 52.3 Å². The molecule has 130 valence electrons. The van der Waals surface area contributed by atoms with Gasteiger partial charge in [-0.15, -0.1) is 0 Å². The topological polar surface area (TPSA) is 48.0 Å². The van der Waals surface area contributed by atoms with Crippen LogP contribution in [0, 0.1) is 0 Å². The summed E-state index contributed by atoms with van der Waals surface area (Å²) in [6.45, 7) is 14.2. The Hall–Kier alpha value is -1.79. The summed E-state index contributed by atoms with van der Waals surface area (Å²) >= 11 is 0. The molecule has 0 bridgehead atoms. The fraction of sp³-hybridized carbons (Fsp3) is 0.500. The van der Waals surface area contributed by atoms with E-state index in [2.05, 4.69) is 6.58 Å². The molecule has 5 nitrogen and oxygen atoms in total. The van der Waals surface area contributed by atoms with E-state index in [4.69, 9.17) is 14.0 Å². The standard InChI is InChI=1S/C18H26BNO4/c1-8-22-16(21)10-9-14-11-13(2)20(7)12-15(14)19-23-17(3,4)18(5,6)24-19/h9-12H,2,8H2,1,3-7H3/b10-9+. The van der Waals surface area contributed by atoms with Crippen LogP contribution in [-0.2, 0) is 18.8 Å². The summed E-state index contributed by atoms with van der Waals surface area (Å²) in [5, 5.41) is 0. The van der Waals surface area contributed by atoms with Crippen molar-refractivity contribution in [2.45, 2.75) is 45.8 Å². The van der Waals surface area contributed by atoms with Crippen LogP contribution < -0.4 is 0 Å². The van der Waals surface area contributed by atoms with Crippen molar-refractivity contribution < 1.29 is 18.8 Å². The molecule has 24 heavy (non-hydrogen) atoms. The summed E-state index contributed by atoms with van der Waals surface area (Å²) in [6, 6.07) is 0. The molecule has 2 rings (SSSR count). The number of hydrogen-bond donors (Lipinski definition) is 0. The fourth-order valence-electron chi connectivity index (χ4n) is 2.39. The average molecular weight is 331 g/mol. The molecule has 6 heteroatoms. The van der Waals surface area contributed by atoms with Gasteiger partial charge in [0.25, 0.3) is 0 Å². The van der Waals surface area contributed by atoms with Crippen LogP contribution in [0.3, 0.4) is 0 Å². The van der Waals surface area contributed by atoms with Gasteiger partial charge in [0.2, 0.25) is 0 Å². The second-order valence-electron chi connectivity index (χ2n) is 6.96. The zero-order chi connectivity index (χ0) is 18.1. The molecule has 0 unspecified atom stereocenters. The highest BCUT2D eigenvalue weighted by molar-refractivity contribution is 6.56. The lowest BCUT2D eigenvalue weighted by Crippen LogP contribution is -2.41. The molecule has 2 aliphatic rings. The van der Waals surface area contributed by atoms with Crippen molar-refractivity contribution in [1.29, 1.82) is 0 Å². The number of carbonyl (C=O) groups is 1. The predicted octanol–water partition coefficient (Wildman–Crippen LogP) is 3.01. The van der Waals surface area contributed by atoms with Gasteiger partial charge in [-0.2, -0.15) is 0 Å². The molecule has 0 atom stereocenters. The first-order chi connectivity index (χ1) is 11.1. The normalized spacial score (nSPS) is 22.7. The van der Waals surface area contributed by atoms with Crippen LogP contribution in [0.5, 0.6) is 0 Å². The Labute approximate surface area is 144 Å². The molecule has 0 amide bonds. The van der Waals surface area contributed by atoms with Gasteiger partial charge in [-0.25, -0.2) is 4.79 Å². The van der Waals surface area contributed by atoms with Crippen LogP contribution in [0.15, 0.2) is 47.7 Å². The van der Waals surface area contributed by atoms with Gasteiger partial charge in [-0.3, -0.25) is 0 Å². The molecule has 0 spiro atoms. The smallest absolute Gasteiger partial charge is 0.463 e. The maximum Gasteiger partial charge on any atom is 0.496 e. The zero-order valence-corrected chi connectivity index (χ0v) is 15.4. The van der Waals surface area contributed by atoms with Crippen molar-refractivity contribution in [3.63, 3.8) is 0 Å². The van der Waals surface area contributed by atoms with Gasteiger partial charge in [0.1, 0.15) is 0 Å². The predicted molar refractivity (Wildman–Crippen MR) is 94.9 cm³/mol. The Kier molecular flexibility index (Phi) is 5.11. The molecule has 0 saturated carbocycles. The first kappa shape index (κ1) is 18.6. The van der Waals surface area contributed by atoms with Crippen molar-refractivity contribution >= 4 is 13.1 Å². The number of allylic oxidation sites excluding steroid dienone is 4. The van der Waals surface area contributed by atoms with Gasteiger partial charge in [0.15, 0.2) is 0 Å². The second-order valence-corrected chi connectivity index (χ2v) is 6.96. The Morgan fingerprint density at radius 1 is 1.33 bits per heavy atom. The zero-order valence-electron chi connectivity index (χ0n) is 15.4. The average Bonchev–Trinajstić information content (AvgIpc) is 2.68. The molecule has 2 aliphatic heterocycles. The minimum absolute atomic E-state index is 0.345. The third-order valence-corrected chi connectivity index (χ3v) is 4.63. The quantitative estimate of drug-likeness (QED) is 0.450. The Balaban J connectivity index is 2.29. The molecular weight excluding hydrogens is 305 g/mol. The van der Waals surface area contributed by atoms with Crippen LogP contribution in [-0.4, -0.2) is 42.8 Å². The van der Waals surface area contributed by atoms with Crippen LogP contribution in [0.1, 0.15) is 34.6 Å². The van der Waals surface area contributed by atoms with Crippen molar-refractivity contribution in [2.24, 2.45) is 0 Å². The third kappa shape index (κ3) is 3.65. The van der Waals surface area contributed by atoms with E-state index in [0.717, 1.165) is 16.7 Å². The van der Waals surface area contributed by atoms with Crippen molar-refractivity contribution in [2.75, 3.05) is 13.7 Å². The van der Waals surface area contributed by atoms with Gasteiger partial charge >= 0.3 is 13.1 Å². The minimum atomic E-state index is -0.511. The lowest BCUT2D eigenvalue weighted by atomic mass is 9.72. The van der Waals surface area contributed by atoms with Crippen LogP contribution >= 0.6 is 0 Å². The number of rotatable bonds is 4. The molecule has 0 aromatic carbocycles.